The standard InChI is InChI=1S/C18H29N3/c1-18(2)9-8-15(17(18)19)14-20-10-12-21(13-11-20)16-6-4-3-5-7-16/h3-7,15,17H,8-14,19H2,1-2H3. The lowest BCUT2D eigenvalue weighted by molar-refractivity contribution is 0.196. The number of rotatable bonds is 3. The fourth-order valence-electron chi connectivity index (χ4n) is 3.91. The van der Waals surface area contributed by atoms with Crippen LogP contribution >= 0.6 is 0 Å². The molecule has 3 heteroatoms. The van der Waals surface area contributed by atoms with Crippen LogP contribution in [-0.4, -0.2) is 43.7 Å². The molecule has 116 valence electrons. The molecule has 1 aliphatic heterocycles. The molecule has 0 amide bonds. The number of para-hydroxylation sites is 1. The smallest absolute Gasteiger partial charge is 0.0367 e. The van der Waals surface area contributed by atoms with Gasteiger partial charge in [0.2, 0.25) is 0 Å². The van der Waals surface area contributed by atoms with Crippen molar-refractivity contribution in [1.82, 2.24) is 4.90 Å². The molecule has 0 spiro atoms. The van der Waals surface area contributed by atoms with Crippen LogP contribution in [0.3, 0.4) is 0 Å². The van der Waals surface area contributed by atoms with Crippen LogP contribution < -0.4 is 10.6 Å². The molecule has 1 heterocycles. The average molecular weight is 287 g/mol. The van der Waals surface area contributed by atoms with Crippen LogP contribution in [0.1, 0.15) is 26.7 Å². The largest absolute Gasteiger partial charge is 0.369 e. The highest BCUT2D eigenvalue weighted by Crippen LogP contribution is 2.40. The molecule has 1 saturated carbocycles. The van der Waals surface area contributed by atoms with E-state index in [0.717, 1.165) is 13.1 Å². The molecule has 1 aromatic carbocycles. The molecular formula is C18H29N3. The molecule has 2 aliphatic rings. The molecule has 21 heavy (non-hydrogen) atoms. The van der Waals surface area contributed by atoms with Gasteiger partial charge in [-0.1, -0.05) is 32.0 Å². The Labute approximate surface area is 129 Å². The van der Waals surface area contributed by atoms with Crippen molar-refractivity contribution in [1.29, 1.82) is 0 Å². The summed E-state index contributed by atoms with van der Waals surface area (Å²) in [7, 11) is 0. The lowest BCUT2D eigenvalue weighted by Gasteiger charge is -2.38. The number of nitrogens with two attached hydrogens (primary N) is 1. The fraction of sp³-hybridized carbons (Fsp3) is 0.667. The van der Waals surface area contributed by atoms with Gasteiger partial charge in [-0.25, -0.2) is 0 Å². The van der Waals surface area contributed by atoms with E-state index in [1.165, 1.54) is 38.2 Å². The van der Waals surface area contributed by atoms with E-state index in [9.17, 15) is 0 Å². The van der Waals surface area contributed by atoms with Crippen molar-refractivity contribution in [3.63, 3.8) is 0 Å². The van der Waals surface area contributed by atoms with Crippen LogP contribution in [-0.2, 0) is 0 Å². The zero-order valence-corrected chi connectivity index (χ0v) is 13.5. The predicted octanol–water partition coefficient (Wildman–Crippen LogP) is 2.57. The summed E-state index contributed by atoms with van der Waals surface area (Å²) >= 11 is 0. The summed E-state index contributed by atoms with van der Waals surface area (Å²) in [6.45, 7) is 10.4. The van der Waals surface area contributed by atoms with E-state index in [2.05, 4.69) is 54.0 Å². The van der Waals surface area contributed by atoms with Crippen molar-refractivity contribution < 1.29 is 0 Å². The van der Waals surface area contributed by atoms with Crippen molar-refractivity contribution in [3.05, 3.63) is 30.3 Å². The first-order valence-corrected chi connectivity index (χ1v) is 8.34. The maximum absolute atomic E-state index is 6.46. The zero-order chi connectivity index (χ0) is 14.9. The average Bonchev–Trinajstić information content (AvgIpc) is 2.76. The first-order valence-electron chi connectivity index (χ1n) is 8.34. The van der Waals surface area contributed by atoms with Crippen molar-refractivity contribution in [3.8, 4) is 0 Å². The molecule has 1 aliphatic carbocycles. The molecule has 1 aromatic rings. The lowest BCUT2D eigenvalue weighted by Crippen LogP contribution is -2.50. The molecule has 0 bridgehead atoms. The van der Waals surface area contributed by atoms with Crippen LogP contribution in [0.4, 0.5) is 5.69 Å². The minimum absolute atomic E-state index is 0.330. The number of anilines is 1. The molecule has 0 radical (unpaired) electrons. The second-order valence-corrected chi connectivity index (χ2v) is 7.44. The Morgan fingerprint density at radius 1 is 1.10 bits per heavy atom. The van der Waals surface area contributed by atoms with Gasteiger partial charge in [0.05, 0.1) is 0 Å². The normalized spacial score (nSPS) is 29.8. The Balaban J connectivity index is 1.51. The van der Waals surface area contributed by atoms with E-state index in [1.54, 1.807) is 0 Å². The van der Waals surface area contributed by atoms with Gasteiger partial charge in [0.1, 0.15) is 0 Å². The Morgan fingerprint density at radius 2 is 1.76 bits per heavy atom. The van der Waals surface area contributed by atoms with E-state index >= 15 is 0 Å². The number of nitrogens with zero attached hydrogens (tertiary/aromatic N) is 2. The van der Waals surface area contributed by atoms with E-state index < -0.39 is 0 Å². The fourth-order valence-corrected chi connectivity index (χ4v) is 3.91. The van der Waals surface area contributed by atoms with Crippen molar-refractivity contribution in [2.45, 2.75) is 32.7 Å². The minimum atomic E-state index is 0.330. The zero-order valence-electron chi connectivity index (χ0n) is 13.5. The highest BCUT2D eigenvalue weighted by atomic mass is 15.3. The summed E-state index contributed by atoms with van der Waals surface area (Å²) in [6.07, 6.45) is 2.58. The van der Waals surface area contributed by atoms with Gasteiger partial charge in [0, 0.05) is 44.5 Å². The third kappa shape index (κ3) is 3.24. The third-order valence-electron chi connectivity index (χ3n) is 5.56. The number of benzene rings is 1. The van der Waals surface area contributed by atoms with E-state index in [1.807, 2.05) is 0 Å². The maximum atomic E-state index is 6.46. The predicted molar refractivity (Wildman–Crippen MR) is 89.6 cm³/mol. The molecule has 0 aromatic heterocycles. The van der Waals surface area contributed by atoms with Gasteiger partial charge < -0.3 is 10.6 Å². The summed E-state index contributed by atoms with van der Waals surface area (Å²) < 4.78 is 0. The molecule has 2 N–H and O–H groups in total. The van der Waals surface area contributed by atoms with Gasteiger partial charge in [-0.3, -0.25) is 4.90 Å². The van der Waals surface area contributed by atoms with Crippen LogP contribution in [0.5, 0.6) is 0 Å². The topological polar surface area (TPSA) is 32.5 Å². The van der Waals surface area contributed by atoms with E-state index in [-0.39, 0.29) is 0 Å². The number of hydrogen-bond acceptors (Lipinski definition) is 3. The first kappa shape index (κ1) is 14.9. The van der Waals surface area contributed by atoms with Gasteiger partial charge in [-0.05, 0) is 36.3 Å². The minimum Gasteiger partial charge on any atom is -0.369 e. The van der Waals surface area contributed by atoms with Gasteiger partial charge in [0.15, 0.2) is 0 Å². The second kappa shape index (κ2) is 5.98. The Bertz CT molecular complexity index is 449. The molecule has 3 nitrogen and oxygen atoms in total. The van der Waals surface area contributed by atoms with Crippen molar-refractivity contribution >= 4 is 5.69 Å². The van der Waals surface area contributed by atoms with Crippen LogP contribution in [0.2, 0.25) is 0 Å². The van der Waals surface area contributed by atoms with Crippen LogP contribution in [0.25, 0.3) is 0 Å². The lowest BCUT2D eigenvalue weighted by atomic mass is 9.85. The molecule has 2 unspecified atom stereocenters. The summed E-state index contributed by atoms with van der Waals surface area (Å²) in [5.41, 5.74) is 8.14. The Kier molecular flexibility index (Phi) is 4.23. The Hall–Kier alpha value is -1.06. The SMILES string of the molecule is CC1(C)CCC(CN2CCN(c3ccccc3)CC2)C1N. The van der Waals surface area contributed by atoms with Gasteiger partial charge >= 0.3 is 0 Å². The molecule has 2 atom stereocenters. The van der Waals surface area contributed by atoms with Gasteiger partial charge in [-0.15, -0.1) is 0 Å². The maximum Gasteiger partial charge on any atom is 0.0367 e. The Morgan fingerprint density at radius 3 is 2.33 bits per heavy atom. The van der Waals surface area contributed by atoms with E-state index in [4.69, 9.17) is 5.73 Å². The van der Waals surface area contributed by atoms with Crippen LogP contribution in [0, 0.1) is 11.3 Å². The van der Waals surface area contributed by atoms with E-state index in [0.29, 0.717) is 17.4 Å². The van der Waals surface area contributed by atoms with Gasteiger partial charge in [-0.2, -0.15) is 0 Å². The summed E-state index contributed by atoms with van der Waals surface area (Å²) in [6, 6.07) is 11.1. The summed E-state index contributed by atoms with van der Waals surface area (Å²) in [5, 5.41) is 0. The van der Waals surface area contributed by atoms with Crippen LogP contribution in [0.15, 0.2) is 30.3 Å². The van der Waals surface area contributed by atoms with Gasteiger partial charge in [0.25, 0.3) is 0 Å². The number of hydrogen-bond donors (Lipinski definition) is 1. The third-order valence-corrected chi connectivity index (χ3v) is 5.56. The highest BCUT2D eigenvalue weighted by molar-refractivity contribution is 5.46. The summed E-state index contributed by atoms with van der Waals surface area (Å²) in [5.74, 6) is 0.684. The monoisotopic (exact) mass is 287 g/mol. The quantitative estimate of drug-likeness (QED) is 0.927. The summed E-state index contributed by atoms with van der Waals surface area (Å²) in [4.78, 5) is 5.11. The van der Waals surface area contributed by atoms with Crippen molar-refractivity contribution in [2.75, 3.05) is 37.6 Å². The molecule has 2 fully saturated rings. The molecule has 1 saturated heterocycles. The van der Waals surface area contributed by atoms with Crippen molar-refractivity contribution in [2.24, 2.45) is 17.1 Å². The molecule has 3 rings (SSSR count). The molecular weight excluding hydrogens is 258 g/mol. The second-order valence-electron chi connectivity index (χ2n) is 7.44. The first-order chi connectivity index (χ1) is 10.1. The number of piperazine rings is 1. The highest BCUT2D eigenvalue weighted by Gasteiger charge is 2.40.